The van der Waals surface area contributed by atoms with E-state index in [1.165, 1.54) is 0 Å². The van der Waals surface area contributed by atoms with Crippen molar-refractivity contribution >= 4 is 17.0 Å². The molecule has 4 rings (SSSR count). The van der Waals surface area contributed by atoms with Crippen LogP contribution < -0.4 is 5.32 Å². The molecule has 1 aliphatic carbocycles. The van der Waals surface area contributed by atoms with Crippen LogP contribution in [0, 0.1) is 11.3 Å². The average Bonchev–Trinajstić information content (AvgIpc) is 3.13. The Morgan fingerprint density at radius 1 is 1.30 bits per heavy atom. The number of thiophene rings is 1. The number of nitrogens with one attached hydrogen (secondary N) is 1. The van der Waals surface area contributed by atoms with Gasteiger partial charge < -0.3 is 5.32 Å². The van der Waals surface area contributed by atoms with Crippen LogP contribution in [-0.2, 0) is 6.54 Å². The molecule has 0 unspecified atom stereocenters. The van der Waals surface area contributed by atoms with Crippen LogP contribution in [0.25, 0.3) is 11.4 Å². The Balaban J connectivity index is 1.45. The number of tetrazole rings is 1. The molecule has 3 aromatic rings. The van der Waals surface area contributed by atoms with Crippen LogP contribution in [0.15, 0.2) is 35.7 Å². The summed E-state index contributed by atoms with van der Waals surface area (Å²) in [4.78, 5) is 1.14. The van der Waals surface area contributed by atoms with Crippen LogP contribution in [0.4, 0.5) is 5.69 Å². The minimum Gasteiger partial charge on any atom is -0.380 e. The second kappa shape index (κ2) is 5.82. The normalized spacial score (nSPS) is 13.7. The van der Waals surface area contributed by atoms with Gasteiger partial charge >= 0.3 is 0 Å². The van der Waals surface area contributed by atoms with Crippen LogP contribution >= 0.6 is 11.3 Å². The van der Waals surface area contributed by atoms with Crippen LogP contribution in [0.2, 0.25) is 0 Å². The van der Waals surface area contributed by atoms with Gasteiger partial charge in [-0.25, -0.2) is 4.68 Å². The minimum absolute atomic E-state index is 0.464. The molecule has 7 heteroatoms. The Kier molecular flexibility index (Phi) is 3.52. The highest BCUT2D eigenvalue weighted by molar-refractivity contribution is 7.10. The van der Waals surface area contributed by atoms with Crippen molar-refractivity contribution in [1.82, 2.24) is 20.2 Å². The number of hydrogen-bond donors (Lipinski definition) is 1. The van der Waals surface area contributed by atoms with Gasteiger partial charge in [-0.15, -0.1) is 16.4 Å². The van der Waals surface area contributed by atoms with Crippen molar-refractivity contribution in [3.8, 4) is 17.5 Å². The van der Waals surface area contributed by atoms with Gasteiger partial charge in [0.1, 0.15) is 6.07 Å². The molecule has 0 atom stereocenters. The first-order valence-electron chi connectivity index (χ1n) is 7.43. The molecule has 0 bridgehead atoms. The average molecular weight is 322 g/mol. The van der Waals surface area contributed by atoms with E-state index in [1.807, 2.05) is 40.4 Å². The van der Waals surface area contributed by atoms with E-state index in [1.54, 1.807) is 11.3 Å². The number of aromatic nitrogens is 4. The van der Waals surface area contributed by atoms with Crippen molar-refractivity contribution < 1.29 is 0 Å². The highest BCUT2D eigenvalue weighted by atomic mass is 32.1. The maximum absolute atomic E-state index is 8.84. The first-order valence-corrected chi connectivity index (χ1v) is 8.31. The maximum atomic E-state index is 8.84. The number of nitriles is 1. The second-order valence-corrected chi connectivity index (χ2v) is 6.52. The largest absolute Gasteiger partial charge is 0.380 e. The van der Waals surface area contributed by atoms with E-state index in [9.17, 15) is 0 Å². The minimum atomic E-state index is 0.464. The number of hydrogen-bond acceptors (Lipinski definition) is 6. The molecule has 0 radical (unpaired) electrons. The molecule has 0 amide bonds. The summed E-state index contributed by atoms with van der Waals surface area (Å²) in [7, 11) is 0. The molecule has 2 heterocycles. The third kappa shape index (κ3) is 2.94. The van der Waals surface area contributed by atoms with Gasteiger partial charge in [-0.3, -0.25) is 0 Å². The summed E-state index contributed by atoms with van der Waals surface area (Å²) in [6.07, 6.45) is 2.31. The fraction of sp³-hybridized carbons (Fsp3) is 0.250. The predicted molar refractivity (Wildman–Crippen MR) is 87.9 cm³/mol. The van der Waals surface area contributed by atoms with Crippen molar-refractivity contribution in [3.63, 3.8) is 0 Å². The van der Waals surface area contributed by atoms with Crippen LogP contribution in [0.1, 0.15) is 29.3 Å². The van der Waals surface area contributed by atoms with Gasteiger partial charge in [-0.1, -0.05) is 0 Å². The lowest BCUT2D eigenvalue weighted by Gasteiger charge is -2.06. The molecule has 23 heavy (non-hydrogen) atoms. The van der Waals surface area contributed by atoms with Gasteiger partial charge in [-0.05, 0) is 53.6 Å². The zero-order valence-corrected chi connectivity index (χ0v) is 13.1. The van der Waals surface area contributed by atoms with Crippen molar-refractivity contribution in [2.45, 2.75) is 25.4 Å². The zero-order chi connectivity index (χ0) is 15.6. The van der Waals surface area contributed by atoms with E-state index >= 15 is 0 Å². The lowest BCUT2D eigenvalue weighted by Crippen LogP contribution is -2.00. The SMILES string of the molecule is N#Cc1csc(CNc2ccc(-c3nnnn3C3CC3)cc2)c1. The predicted octanol–water partition coefficient (Wildman–Crippen LogP) is 3.22. The van der Waals surface area contributed by atoms with Gasteiger partial charge in [0.25, 0.3) is 0 Å². The molecule has 0 saturated heterocycles. The summed E-state index contributed by atoms with van der Waals surface area (Å²) in [6.45, 7) is 0.714. The van der Waals surface area contributed by atoms with Gasteiger partial charge in [0, 0.05) is 28.1 Å². The van der Waals surface area contributed by atoms with Gasteiger partial charge in [-0.2, -0.15) is 5.26 Å². The lowest BCUT2D eigenvalue weighted by atomic mass is 10.2. The van der Waals surface area contributed by atoms with Crippen molar-refractivity contribution in [3.05, 3.63) is 46.2 Å². The van der Waals surface area contributed by atoms with Crippen LogP contribution in [0.5, 0.6) is 0 Å². The molecule has 1 aromatic carbocycles. The van der Waals surface area contributed by atoms with E-state index in [4.69, 9.17) is 5.26 Å². The summed E-state index contributed by atoms with van der Waals surface area (Å²) in [5, 5.41) is 26.1. The third-order valence-corrected chi connectivity index (χ3v) is 4.71. The Morgan fingerprint density at radius 3 is 2.83 bits per heavy atom. The van der Waals surface area contributed by atoms with E-state index in [0.29, 0.717) is 18.2 Å². The first-order chi connectivity index (χ1) is 11.3. The molecule has 1 saturated carbocycles. The summed E-state index contributed by atoms with van der Waals surface area (Å²) < 4.78 is 1.91. The molecule has 0 aliphatic heterocycles. The fourth-order valence-corrected chi connectivity index (χ4v) is 3.16. The van der Waals surface area contributed by atoms with Crippen molar-refractivity contribution in [1.29, 1.82) is 5.26 Å². The van der Waals surface area contributed by atoms with Crippen molar-refractivity contribution in [2.24, 2.45) is 0 Å². The van der Waals surface area contributed by atoms with Gasteiger partial charge in [0.05, 0.1) is 11.6 Å². The monoisotopic (exact) mass is 322 g/mol. The Hall–Kier alpha value is -2.72. The van der Waals surface area contributed by atoms with Crippen molar-refractivity contribution in [2.75, 3.05) is 5.32 Å². The molecule has 0 spiro atoms. The van der Waals surface area contributed by atoms with Crippen LogP contribution in [-0.4, -0.2) is 20.2 Å². The molecular formula is C16H14N6S. The molecule has 1 aliphatic rings. The number of nitrogens with zero attached hydrogens (tertiary/aromatic N) is 5. The molecule has 2 aromatic heterocycles. The number of anilines is 1. The van der Waals surface area contributed by atoms with Gasteiger partial charge in [0.2, 0.25) is 0 Å². The van der Waals surface area contributed by atoms with Gasteiger partial charge in [0.15, 0.2) is 5.82 Å². The lowest BCUT2D eigenvalue weighted by molar-refractivity contribution is 0.615. The molecule has 114 valence electrons. The summed E-state index contributed by atoms with van der Waals surface area (Å²) in [5.41, 5.74) is 2.77. The van der Waals surface area contributed by atoms with E-state index in [-0.39, 0.29) is 0 Å². The first kappa shape index (κ1) is 13.9. The summed E-state index contributed by atoms with van der Waals surface area (Å²) in [5.74, 6) is 0.830. The molecule has 1 fully saturated rings. The zero-order valence-electron chi connectivity index (χ0n) is 12.3. The smallest absolute Gasteiger partial charge is 0.182 e. The van der Waals surface area contributed by atoms with E-state index < -0.39 is 0 Å². The standard InChI is InChI=1S/C16H14N6S/c17-8-11-7-15(23-10-11)9-18-13-3-1-12(2-4-13)16-19-20-21-22(16)14-5-6-14/h1-4,7,10,14,18H,5-6,9H2. The Morgan fingerprint density at radius 2 is 2.13 bits per heavy atom. The Bertz CT molecular complexity index is 853. The Labute approximate surface area is 137 Å². The fourth-order valence-electron chi connectivity index (χ4n) is 2.41. The van der Waals surface area contributed by atoms with Crippen LogP contribution in [0.3, 0.4) is 0 Å². The summed E-state index contributed by atoms with van der Waals surface area (Å²) >= 11 is 1.59. The summed E-state index contributed by atoms with van der Waals surface area (Å²) in [6, 6.07) is 12.6. The molecular weight excluding hydrogens is 308 g/mol. The second-order valence-electron chi connectivity index (χ2n) is 5.52. The maximum Gasteiger partial charge on any atom is 0.182 e. The highest BCUT2D eigenvalue weighted by Gasteiger charge is 2.28. The third-order valence-electron chi connectivity index (χ3n) is 3.78. The van der Waals surface area contributed by atoms with E-state index in [2.05, 4.69) is 26.9 Å². The molecule has 6 nitrogen and oxygen atoms in total. The molecule has 1 N–H and O–H groups in total. The quantitative estimate of drug-likeness (QED) is 0.780. The topological polar surface area (TPSA) is 79.4 Å². The highest BCUT2D eigenvalue weighted by Crippen LogP contribution is 2.36. The number of rotatable bonds is 5. The van der Waals surface area contributed by atoms with E-state index in [0.717, 1.165) is 34.8 Å². The number of benzene rings is 1.